The molecule has 0 spiro atoms. The molecule has 0 amide bonds. The predicted octanol–water partition coefficient (Wildman–Crippen LogP) is 2.59. The lowest BCUT2D eigenvalue weighted by Crippen LogP contribution is -2.03. The maximum atomic E-state index is 4.41. The van der Waals surface area contributed by atoms with Crippen molar-refractivity contribution in [2.24, 2.45) is 0 Å². The highest BCUT2D eigenvalue weighted by atomic mass is 32.1. The summed E-state index contributed by atoms with van der Waals surface area (Å²) in [5.41, 5.74) is 4.99. The third kappa shape index (κ3) is 2.31. The van der Waals surface area contributed by atoms with E-state index >= 15 is 0 Å². The molecule has 0 atom stereocenters. The van der Waals surface area contributed by atoms with Crippen molar-refractivity contribution in [2.75, 3.05) is 0 Å². The van der Waals surface area contributed by atoms with Crippen LogP contribution in [0.15, 0.2) is 24.2 Å². The Morgan fingerprint density at radius 2 is 2.16 bits per heavy atom. The fourth-order valence-electron chi connectivity index (χ4n) is 2.08. The quantitative estimate of drug-likeness (QED) is 0.795. The van der Waals surface area contributed by atoms with Gasteiger partial charge in [-0.05, 0) is 13.8 Å². The summed E-state index contributed by atoms with van der Waals surface area (Å²) < 4.78 is 2.14. The Bertz CT molecular complexity index is 679. The van der Waals surface area contributed by atoms with Gasteiger partial charge in [0.05, 0.1) is 17.5 Å². The zero-order chi connectivity index (χ0) is 13.2. The Labute approximate surface area is 115 Å². The van der Waals surface area contributed by atoms with E-state index in [0.717, 1.165) is 35.9 Å². The summed E-state index contributed by atoms with van der Waals surface area (Å²) in [6.45, 7) is 4.96. The number of aromatic amines is 1. The first-order valence-electron chi connectivity index (χ1n) is 6.16. The molecule has 0 aromatic carbocycles. The van der Waals surface area contributed by atoms with Crippen LogP contribution in [0, 0.1) is 13.8 Å². The van der Waals surface area contributed by atoms with Crippen LogP contribution in [0.5, 0.6) is 0 Å². The van der Waals surface area contributed by atoms with E-state index in [1.807, 2.05) is 24.8 Å². The molecule has 3 aromatic heterocycles. The summed E-state index contributed by atoms with van der Waals surface area (Å²) in [6.07, 6.45) is 6.50. The monoisotopic (exact) mass is 273 g/mol. The first-order chi connectivity index (χ1) is 9.25. The van der Waals surface area contributed by atoms with E-state index in [2.05, 4.69) is 31.4 Å². The molecule has 0 aliphatic carbocycles. The molecule has 3 aromatic rings. The van der Waals surface area contributed by atoms with Crippen LogP contribution >= 0.6 is 11.3 Å². The van der Waals surface area contributed by atoms with Gasteiger partial charge in [0.1, 0.15) is 5.69 Å². The normalized spacial score (nSPS) is 11.1. The smallest absolute Gasteiger partial charge is 0.160 e. The van der Waals surface area contributed by atoms with Crippen molar-refractivity contribution in [1.82, 2.24) is 24.5 Å². The molecule has 98 valence electrons. The molecule has 0 aliphatic heterocycles. The van der Waals surface area contributed by atoms with Gasteiger partial charge in [-0.15, -0.1) is 11.3 Å². The van der Waals surface area contributed by atoms with Gasteiger partial charge in [0, 0.05) is 35.9 Å². The van der Waals surface area contributed by atoms with E-state index in [-0.39, 0.29) is 0 Å². The molecule has 3 heterocycles. The summed E-state index contributed by atoms with van der Waals surface area (Å²) in [5, 5.41) is 0. The van der Waals surface area contributed by atoms with Gasteiger partial charge in [0.15, 0.2) is 5.82 Å². The van der Waals surface area contributed by atoms with E-state index < -0.39 is 0 Å². The van der Waals surface area contributed by atoms with Gasteiger partial charge < -0.3 is 9.55 Å². The van der Waals surface area contributed by atoms with Crippen LogP contribution in [0.1, 0.15) is 16.3 Å². The number of hydrogen-bond acceptors (Lipinski definition) is 4. The third-order valence-electron chi connectivity index (χ3n) is 3.18. The second-order valence-electron chi connectivity index (χ2n) is 4.43. The number of thiazole rings is 1. The molecule has 0 saturated heterocycles. The van der Waals surface area contributed by atoms with Gasteiger partial charge in [-0.2, -0.15) is 0 Å². The molecule has 0 radical (unpaired) electrons. The lowest BCUT2D eigenvalue weighted by atomic mass is 10.3. The minimum Gasteiger partial charge on any atom is -0.348 e. The summed E-state index contributed by atoms with van der Waals surface area (Å²) in [7, 11) is 0. The van der Waals surface area contributed by atoms with Crippen LogP contribution in [0.2, 0.25) is 0 Å². The predicted molar refractivity (Wildman–Crippen MR) is 75.1 cm³/mol. The van der Waals surface area contributed by atoms with Crippen LogP contribution in [-0.4, -0.2) is 24.5 Å². The topological polar surface area (TPSA) is 59.4 Å². The molecule has 19 heavy (non-hydrogen) atoms. The van der Waals surface area contributed by atoms with E-state index in [1.54, 1.807) is 17.7 Å². The highest BCUT2D eigenvalue weighted by Crippen LogP contribution is 2.19. The zero-order valence-electron chi connectivity index (χ0n) is 10.9. The fourth-order valence-corrected chi connectivity index (χ4v) is 2.85. The van der Waals surface area contributed by atoms with Crippen molar-refractivity contribution in [3.8, 4) is 11.5 Å². The second kappa shape index (κ2) is 4.97. The molecule has 3 rings (SSSR count). The molecule has 0 fully saturated rings. The number of rotatable bonds is 4. The number of aromatic nitrogens is 5. The molecule has 5 nitrogen and oxygen atoms in total. The van der Waals surface area contributed by atoms with E-state index in [4.69, 9.17) is 0 Å². The minimum atomic E-state index is 0.894. The number of H-pyrrole nitrogens is 1. The Morgan fingerprint density at radius 1 is 1.26 bits per heavy atom. The van der Waals surface area contributed by atoms with Crippen molar-refractivity contribution in [3.63, 3.8) is 0 Å². The summed E-state index contributed by atoms with van der Waals surface area (Å²) in [4.78, 5) is 17.4. The SMILES string of the molecule is Cc1ncsc1CCn1ccnc1-c1nc[nH]c1C. The Morgan fingerprint density at radius 3 is 2.84 bits per heavy atom. The fraction of sp³-hybridized carbons (Fsp3) is 0.308. The number of nitrogens with one attached hydrogen (secondary N) is 1. The van der Waals surface area contributed by atoms with Crippen LogP contribution in [-0.2, 0) is 13.0 Å². The van der Waals surface area contributed by atoms with Crippen LogP contribution < -0.4 is 0 Å². The van der Waals surface area contributed by atoms with Crippen LogP contribution in [0.4, 0.5) is 0 Å². The molecule has 6 heteroatoms. The molecule has 0 bridgehead atoms. The van der Waals surface area contributed by atoms with Crippen LogP contribution in [0.25, 0.3) is 11.5 Å². The van der Waals surface area contributed by atoms with Gasteiger partial charge >= 0.3 is 0 Å². The van der Waals surface area contributed by atoms with Gasteiger partial charge in [-0.3, -0.25) is 0 Å². The average molecular weight is 273 g/mol. The highest BCUT2D eigenvalue weighted by Gasteiger charge is 2.11. The second-order valence-corrected chi connectivity index (χ2v) is 5.37. The number of imidazole rings is 2. The zero-order valence-corrected chi connectivity index (χ0v) is 11.7. The van der Waals surface area contributed by atoms with Crippen LogP contribution in [0.3, 0.4) is 0 Å². The maximum absolute atomic E-state index is 4.41. The van der Waals surface area contributed by atoms with Gasteiger partial charge in [-0.25, -0.2) is 15.0 Å². The van der Waals surface area contributed by atoms with Crippen molar-refractivity contribution in [2.45, 2.75) is 26.8 Å². The largest absolute Gasteiger partial charge is 0.348 e. The van der Waals surface area contributed by atoms with Crippen molar-refractivity contribution < 1.29 is 0 Å². The number of aryl methyl sites for hydroxylation is 4. The van der Waals surface area contributed by atoms with E-state index in [0.29, 0.717) is 0 Å². The molecule has 0 unspecified atom stereocenters. The van der Waals surface area contributed by atoms with Crippen molar-refractivity contribution >= 4 is 11.3 Å². The summed E-state index contributed by atoms with van der Waals surface area (Å²) >= 11 is 1.71. The highest BCUT2D eigenvalue weighted by molar-refractivity contribution is 7.09. The van der Waals surface area contributed by atoms with Crippen molar-refractivity contribution in [1.29, 1.82) is 0 Å². The first kappa shape index (κ1) is 12.1. The maximum Gasteiger partial charge on any atom is 0.160 e. The van der Waals surface area contributed by atoms with Gasteiger partial charge in [0.25, 0.3) is 0 Å². The average Bonchev–Trinajstić information content (AvgIpc) is 3.08. The first-order valence-corrected chi connectivity index (χ1v) is 7.04. The Balaban J connectivity index is 1.82. The standard InChI is InChI=1S/C13H15N5S/c1-9-11(19-8-17-9)3-5-18-6-4-14-13(18)12-10(2)15-7-16-12/h4,6-8H,3,5H2,1-2H3,(H,15,16). The number of nitrogens with zero attached hydrogens (tertiary/aromatic N) is 4. The Kier molecular flexibility index (Phi) is 3.16. The minimum absolute atomic E-state index is 0.894. The van der Waals surface area contributed by atoms with Crippen molar-refractivity contribution in [3.05, 3.63) is 40.5 Å². The van der Waals surface area contributed by atoms with E-state index in [1.165, 1.54) is 4.88 Å². The summed E-state index contributed by atoms with van der Waals surface area (Å²) in [6, 6.07) is 0. The lowest BCUT2D eigenvalue weighted by Gasteiger charge is -2.06. The molecule has 0 saturated carbocycles. The Hall–Kier alpha value is -1.95. The van der Waals surface area contributed by atoms with Gasteiger partial charge in [0.2, 0.25) is 0 Å². The number of hydrogen-bond donors (Lipinski definition) is 1. The summed E-state index contributed by atoms with van der Waals surface area (Å²) in [5.74, 6) is 0.918. The van der Waals surface area contributed by atoms with E-state index in [9.17, 15) is 0 Å². The molecular weight excluding hydrogens is 258 g/mol. The lowest BCUT2D eigenvalue weighted by molar-refractivity contribution is 0.704. The third-order valence-corrected chi connectivity index (χ3v) is 4.18. The van der Waals surface area contributed by atoms with Gasteiger partial charge in [-0.1, -0.05) is 0 Å². The molecule has 1 N–H and O–H groups in total. The molecular formula is C13H15N5S. The molecule has 0 aliphatic rings.